The van der Waals surface area contributed by atoms with E-state index in [4.69, 9.17) is 9.97 Å². The molecule has 0 unspecified atom stereocenters. The summed E-state index contributed by atoms with van der Waals surface area (Å²) in [5, 5.41) is 3.40. The van der Waals surface area contributed by atoms with Gasteiger partial charge in [0.15, 0.2) is 5.82 Å². The van der Waals surface area contributed by atoms with Crippen molar-refractivity contribution in [3.63, 3.8) is 0 Å². The van der Waals surface area contributed by atoms with Crippen LogP contribution in [0.15, 0.2) is 194 Å². The van der Waals surface area contributed by atoms with Crippen LogP contribution < -0.4 is 0 Å². The lowest BCUT2D eigenvalue weighted by Gasteiger charge is -2.23. The lowest BCUT2D eigenvalue weighted by molar-refractivity contribution is -0.137. The molecule has 0 N–H and O–H groups in total. The molecule has 14 rings (SSSR count). The zero-order chi connectivity index (χ0) is 47.0. The molecule has 12 aromatic rings. The van der Waals surface area contributed by atoms with Crippen LogP contribution in [0.3, 0.4) is 0 Å². The average molecular weight is 912 g/mol. The molecule has 3 heterocycles. The summed E-state index contributed by atoms with van der Waals surface area (Å²) in [6.45, 7) is 3.57. The van der Waals surface area contributed by atoms with Gasteiger partial charge in [0, 0.05) is 38.9 Å². The van der Waals surface area contributed by atoms with Gasteiger partial charge in [-0.1, -0.05) is 158 Å². The third-order valence-corrected chi connectivity index (χ3v) is 14.7. The second kappa shape index (κ2) is 14.9. The highest BCUT2D eigenvalue weighted by Gasteiger charge is 2.40. The van der Waals surface area contributed by atoms with Crippen molar-refractivity contribution in [1.82, 2.24) is 24.1 Å². The number of aryl methyl sites for hydroxylation is 2. The molecule has 9 aromatic carbocycles. The summed E-state index contributed by atoms with van der Waals surface area (Å²) >= 11 is 0. The number of hydrogen-bond donors (Lipinski definition) is 0. The summed E-state index contributed by atoms with van der Waals surface area (Å²) in [6, 6.07) is 65.2. The number of rotatable bonds is 5. The lowest BCUT2D eigenvalue weighted by Crippen LogP contribution is -2.16. The first-order chi connectivity index (χ1) is 34.2. The van der Waals surface area contributed by atoms with Gasteiger partial charge in [-0.3, -0.25) is 0 Å². The van der Waals surface area contributed by atoms with Crippen LogP contribution >= 0.6 is 0 Å². The molecule has 70 heavy (non-hydrogen) atoms. The van der Waals surface area contributed by atoms with E-state index in [9.17, 15) is 0 Å². The summed E-state index contributed by atoms with van der Waals surface area (Å²) in [5.41, 5.74) is 13.6. The average Bonchev–Trinajstić information content (AvgIpc) is 4.10. The minimum absolute atomic E-state index is 0.0213. The first-order valence-corrected chi connectivity index (χ1v) is 23.6. The lowest BCUT2D eigenvalue weighted by atomic mass is 9.89. The summed E-state index contributed by atoms with van der Waals surface area (Å²) in [5.74, 6) is 1.01. The third-order valence-electron chi connectivity index (χ3n) is 14.7. The van der Waals surface area contributed by atoms with Gasteiger partial charge in [0.2, 0.25) is 0 Å². The molecule has 0 radical (unpaired) electrons. The molecule has 0 amide bonds. The maximum atomic E-state index is 17.0. The molecule has 0 fully saturated rings. The molecule has 8 heteroatoms. The van der Waals surface area contributed by atoms with Crippen molar-refractivity contribution in [2.45, 2.75) is 31.9 Å². The number of hydrogen-bond acceptors (Lipinski definition) is 3. The van der Waals surface area contributed by atoms with Gasteiger partial charge in [0.25, 0.3) is 0 Å². The number of fused-ring (bicyclic) bond motifs is 12. The van der Waals surface area contributed by atoms with Crippen LogP contribution in [0.25, 0.3) is 88.6 Å². The fourth-order valence-electron chi connectivity index (χ4n) is 12.0. The summed E-state index contributed by atoms with van der Waals surface area (Å²) < 4.78 is 54.6. The molecule has 5 nitrogen and oxygen atoms in total. The Morgan fingerprint density at radius 3 is 1.14 bits per heavy atom. The normalized spacial score (nSPS) is 13.4. The van der Waals surface area contributed by atoms with E-state index >= 15 is 13.2 Å². The molecule has 0 saturated carbocycles. The van der Waals surface area contributed by atoms with Crippen LogP contribution in [0.5, 0.6) is 0 Å². The van der Waals surface area contributed by atoms with Crippen LogP contribution in [0.4, 0.5) is 13.2 Å². The molecular formula is C62H40F3N5. The number of benzene rings is 9. The van der Waals surface area contributed by atoms with Gasteiger partial charge >= 0.3 is 6.18 Å². The van der Waals surface area contributed by atoms with E-state index in [-0.39, 0.29) is 23.2 Å². The number of alkyl halides is 3. The monoisotopic (exact) mass is 911 g/mol. The van der Waals surface area contributed by atoms with Crippen molar-refractivity contribution < 1.29 is 13.2 Å². The van der Waals surface area contributed by atoms with Crippen molar-refractivity contribution in [2.24, 2.45) is 0 Å². The van der Waals surface area contributed by atoms with E-state index in [0.717, 1.165) is 32.7 Å². The highest BCUT2D eigenvalue weighted by atomic mass is 19.4. The van der Waals surface area contributed by atoms with Crippen LogP contribution in [0, 0.1) is 13.8 Å². The predicted molar refractivity (Wildman–Crippen MR) is 274 cm³/mol. The largest absolute Gasteiger partial charge is 0.420 e. The predicted octanol–water partition coefficient (Wildman–Crippen LogP) is 15.7. The van der Waals surface area contributed by atoms with Crippen molar-refractivity contribution in [1.29, 1.82) is 0 Å². The molecule has 2 aliphatic rings. The fraction of sp³-hybridized carbons (Fsp3) is 0.0806. The highest BCUT2D eigenvalue weighted by Crippen LogP contribution is 2.52. The molecule has 334 valence electrons. The van der Waals surface area contributed by atoms with Gasteiger partial charge < -0.3 is 9.13 Å². The molecule has 2 aliphatic carbocycles. The van der Waals surface area contributed by atoms with Gasteiger partial charge in [-0.25, -0.2) is 15.0 Å². The van der Waals surface area contributed by atoms with Crippen LogP contribution in [-0.2, 0) is 6.18 Å². The van der Waals surface area contributed by atoms with Crippen molar-refractivity contribution in [3.8, 4) is 45.0 Å². The quantitative estimate of drug-likeness (QED) is 0.173. The van der Waals surface area contributed by atoms with Crippen molar-refractivity contribution in [2.75, 3.05) is 0 Å². The first kappa shape index (κ1) is 40.4. The smallest absolute Gasteiger partial charge is 0.309 e. The zero-order valence-electron chi connectivity index (χ0n) is 38.0. The SMILES string of the molecule is Cc1nc(C)nc(-c2cc(-n3c4ccccc4c4ccc(C5c6ccccc6-c6ccccc65)cc43)c(C(F)(F)F)c(-n3c4ccccc4c4ccc(C5c6ccccc6-c6ccccc65)cc43)c2)n1. The Bertz CT molecular complexity index is 3830. The van der Waals surface area contributed by atoms with Gasteiger partial charge in [0.05, 0.1) is 33.4 Å². The first-order valence-electron chi connectivity index (χ1n) is 23.6. The second-order valence-electron chi connectivity index (χ2n) is 18.6. The highest BCUT2D eigenvalue weighted by molar-refractivity contribution is 6.11. The standard InChI is InChI=1S/C62H40F3N5/c1-35-66-36(2)68-61(67-35)39-33-56(69-52-25-13-11-19-44(52)46-29-27-37(31-54(46)69)58-48-21-7-3-15-40(48)41-16-4-8-22-49(41)58)60(62(63,64)65)57(34-39)70-53-26-14-12-20-45(53)47-30-28-38(32-55(47)70)59-50-23-9-5-17-42(50)43-18-6-10-24-51(43)59/h3-34,58-59H,1-2H3. The Hall–Kier alpha value is -8.62. The summed E-state index contributed by atoms with van der Waals surface area (Å²) in [4.78, 5) is 14.0. The minimum Gasteiger partial charge on any atom is -0.309 e. The van der Waals surface area contributed by atoms with Crippen LogP contribution in [-0.4, -0.2) is 24.1 Å². The number of halogens is 3. The molecule has 0 spiro atoms. The van der Waals surface area contributed by atoms with Crippen molar-refractivity contribution in [3.05, 3.63) is 245 Å². The van der Waals surface area contributed by atoms with Crippen molar-refractivity contribution >= 4 is 43.6 Å². The Balaban J connectivity index is 1.09. The van der Waals surface area contributed by atoms with E-state index < -0.39 is 11.7 Å². The maximum absolute atomic E-state index is 17.0. The van der Waals surface area contributed by atoms with E-state index in [1.54, 1.807) is 26.0 Å². The Morgan fingerprint density at radius 2 is 0.743 bits per heavy atom. The van der Waals surface area contributed by atoms with E-state index in [2.05, 4.69) is 138 Å². The molecule has 0 bridgehead atoms. The van der Waals surface area contributed by atoms with Gasteiger partial charge in [-0.15, -0.1) is 0 Å². The molecule has 0 saturated heterocycles. The number of nitrogens with zero attached hydrogens (tertiary/aromatic N) is 5. The van der Waals surface area contributed by atoms with E-state index in [0.29, 0.717) is 45.1 Å². The number of para-hydroxylation sites is 2. The summed E-state index contributed by atoms with van der Waals surface area (Å²) in [6.07, 6.45) is -4.84. The van der Waals surface area contributed by atoms with Crippen LogP contribution in [0.1, 0.15) is 62.4 Å². The van der Waals surface area contributed by atoms with Gasteiger partial charge in [0.1, 0.15) is 17.2 Å². The van der Waals surface area contributed by atoms with Gasteiger partial charge in [-0.05, 0) is 106 Å². The topological polar surface area (TPSA) is 48.5 Å². The zero-order valence-corrected chi connectivity index (χ0v) is 38.0. The minimum atomic E-state index is -4.84. The number of aromatic nitrogens is 5. The van der Waals surface area contributed by atoms with E-state index in [1.807, 2.05) is 57.7 Å². The third kappa shape index (κ3) is 5.89. The van der Waals surface area contributed by atoms with Gasteiger partial charge in [-0.2, -0.15) is 13.2 Å². The van der Waals surface area contributed by atoms with Crippen LogP contribution in [0.2, 0.25) is 0 Å². The molecular weight excluding hydrogens is 872 g/mol. The Morgan fingerprint density at radius 1 is 0.386 bits per heavy atom. The molecule has 0 aliphatic heterocycles. The Kier molecular flexibility index (Phi) is 8.63. The molecule has 3 aromatic heterocycles. The molecule has 0 atom stereocenters. The Labute approximate surface area is 400 Å². The second-order valence-corrected chi connectivity index (χ2v) is 18.6. The summed E-state index contributed by atoms with van der Waals surface area (Å²) in [7, 11) is 0. The van der Waals surface area contributed by atoms with E-state index in [1.165, 1.54) is 44.5 Å². The fourth-order valence-corrected chi connectivity index (χ4v) is 12.0. The maximum Gasteiger partial charge on any atom is 0.420 e.